The lowest BCUT2D eigenvalue weighted by atomic mass is 10.1. The third-order valence-corrected chi connectivity index (χ3v) is 7.79. The maximum Gasteiger partial charge on any atom is 0.272 e. The van der Waals surface area contributed by atoms with Crippen molar-refractivity contribution in [3.63, 3.8) is 0 Å². The number of aryl methyl sites for hydroxylation is 2. The first-order chi connectivity index (χ1) is 16.0. The number of aromatic nitrogens is 3. The molecular weight excluding hydrogens is 450 g/mol. The molecule has 33 heavy (non-hydrogen) atoms. The average molecular weight is 474 g/mol. The Bertz CT molecular complexity index is 1520. The SMILES string of the molecule is COc1ccc(Cn2c(SCc3cc(C)ccc3C)nc3c(sc4ncccc43)c2=O)cc1. The number of thiophene rings is 1. The Balaban J connectivity index is 1.61. The molecule has 0 saturated heterocycles. The number of benzene rings is 2. The molecular formula is C26H23N3O2S2. The molecule has 5 nitrogen and oxygen atoms in total. The molecule has 0 saturated carbocycles. The minimum absolute atomic E-state index is 0.0257. The van der Waals surface area contributed by atoms with Gasteiger partial charge in [-0.05, 0) is 54.8 Å². The molecule has 0 radical (unpaired) electrons. The Hall–Kier alpha value is -3.16. The van der Waals surface area contributed by atoms with Crippen LogP contribution in [0.3, 0.4) is 0 Å². The van der Waals surface area contributed by atoms with Gasteiger partial charge in [0.25, 0.3) is 5.56 Å². The molecule has 5 rings (SSSR count). The number of hydrogen-bond donors (Lipinski definition) is 0. The molecule has 0 aliphatic heterocycles. The Morgan fingerprint density at radius 2 is 1.91 bits per heavy atom. The standard InChI is InChI=1S/C26H23N3O2S2/c1-16-6-7-17(2)19(13-16)15-32-26-28-22-21-5-4-12-27-24(21)33-23(22)25(30)29(26)14-18-8-10-20(31-3)11-9-18/h4-13H,14-15H2,1-3H3. The van der Waals surface area contributed by atoms with Gasteiger partial charge in [0.15, 0.2) is 5.16 Å². The third kappa shape index (κ3) is 4.26. The summed E-state index contributed by atoms with van der Waals surface area (Å²) in [7, 11) is 1.65. The smallest absolute Gasteiger partial charge is 0.272 e. The molecule has 7 heteroatoms. The molecule has 3 heterocycles. The summed E-state index contributed by atoms with van der Waals surface area (Å²) in [6.07, 6.45) is 1.75. The number of fused-ring (bicyclic) bond motifs is 3. The fourth-order valence-corrected chi connectivity index (χ4v) is 5.89. The van der Waals surface area contributed by atoms with Crippen LogP contribution in [-0.4, -0.2) is 21.6 Å². The highest BCUT2D eigenvalue weighted by Crippen LogP contribution is 2.32. The predicted octanol–water partition coefficient (Wildman–Crippen LogP) is 5.97. The Labute approximate surface area is 200 Å². The number of nitrogens with zero attached hydrogens (tertiary/aromatic N) is 3. The van der Waals surface area contributed by atoms with Crippen LogP contribution < -0.4 is 10.3 Å². The summed E-state index contributed by atoms with van der Waals surface area (Å²) in [5.41, 5.74) is 5.45. The average Bonchev–Trinajstić information content (AvgIpc) is 3.21. The van der Waals surface area contributed by atoms with E-state index in [2.05, 4.69) is 37.0 Å². The van der Waals surface area contributed by atoms with E-state index in [0.717, 1.165) is 32.8 Å². The first-order valence-corrected chi connectivity index (χ1v) is 12.4. The molecule has 3 aromatic heterocycles. The van der Waals surface area contributed by atoms with Crippen LogP contribution >= 0.6 is 23.1 Å². The maximum atomic E-state index is 13.6. The van der Waals surface area contributed by atoms with Gasteiger partial charge in [0, 0.05) is 17.3 Å². The van der Waals surface area contributed by atoms with Crippen molar-refractivity contribution in [2.75, 3.05) is 7.11 Å². The number of thioether (sulfide) groups is 1. The zero-order valence-corrected chi connectivity index (χ0v) is 20.3. The summed E-state index contributed by atoms with van der Waals surface area (Å²) >= 11 is 3.01. The molecule has 0 atom stereocenters. The number of hydrogen-bond acceptors (Lipinski definition) is 6. The van der Waals surface area contributed by atoms with E-state index in [9.17, 15) is 4.79 Å². The van der Waals surface area contributed by atoms with Gasteiger partial charge in [0.2, 0.25) is 0 Å². The second-order valence-electron chi connectivity index (χ2n) is 7.99. The zero-order chi connectivity index (χ0) is 22.9. The van der Waals surface area contributed by atoms with Crippen molar-refractivity contribution in [2.45, 2.75) is 31.3 Å². The van der Waals surface area contributed by atoms with Crippen LogP contribution in [0.5, 0.6) is 5.75 Å². The molecule has 0 spiro atoms. The van der Waals surface area contributed by atoms with Crippen LogP contribution in [0.4, 0.5) is 0 Å². The first kappa shape index (κ1) is 21.7. The van der Waals surface area contributed by atoms with Gasteiger partial charge in [-0.2, -0.15) is 0 Å². The molecule has 0 fully saturated rings. The summed E-state index contributed by atoms with van der Waals surface area (Å²) in [4.78, 5) is 23.9. The van der Waals surface area contributed by atoms with E-state index in [-0.39, 0.29) is 5.56 Å². The molecule has 0 bridgehead atoms. The lowest BCUT2D eigenvalue weighted by Gasteiger charge is -2.13. The van der Waals surface area contributed by atoms with Crippen molar-refractivity contribution in [3.05, 3.63) is 93.4 Å². The summed E-state index contributed by atoms with van der Waals surface area (Å²) in [6.45, 7) is 4.67. The minimum atomic E-state index is -0.0257. The van der Waals surface area contributed by atoms with Crippen molar-refractivity contribution in [1.29, 1.82) is 0 Å². The fourth-order valence-electron chi connectivity index (χ4n) is 3.80. The number of methoxy groups -OCH3 is 1. The van der Waals surface area contributed by atoms with E-state index in [0.29, 0.717) is 16.4 Å². The second kappa shape index (κ2) is 9.00. The van der Waals surface area contributed by atoms with Crippen molar-refractivity contribution < 1.29 is 4.74 Å². The van der Waals surface area contributed by atoms with E-state index >= 15 is 0 Å². The van der Waals surface area contributed by atoms with Gasteiger partial charge in [0.1, 0.15) is 15.3 Å². The van der Waals surface area contributed by atoms with Crippen molar-refractivity contribution >= 4 is 43.5 Å². The number of rotatable bonds is 6. The quantitative estimate of drug-likeness (QED) is 0.225. The predicted molar refractivity (Wildman–Crippen MR) is 137 cm³/mol. The third-order valence-electron chi connectivity index (χ3n) is 5.68. The highest BCUT2D eigenvalue weighted by molar-refractivity contribution is 7.98. The summed E-state index contributed by atoms with van der Waals surface area (Å²) in [5, 5.41) is 1.65. The van der Waals surface area contributed by atoms with Gasteiger partial charge in [-0.3, -0.25) is 9.36 Å². The molecule has 0 aliphatic rings. The fraction of sp³-hybridized carbons (Fsp3) is 0.192. The van der Waals surface area contributed by atoms with Gasteiger partial charge in [-0.25, -0.2) is 9.97 Å². The Morgan fingerprint density at radius 3 is 2.70 bits per heavy atom. The van der Waals surface area contributed by atoms with Gasteiger partial charge >= 0.3 is 0 Å². The maximum absolute atomic E-state index is 13.6. The Morgan fingerprint density at radius 1 is 1.09 bits per heavy atom. The van der Waals surface area contributed by atoms with E-state index in [4.69, 9.17) is 9.72 Å². The summed E-state index contributed by atoms with van der Waals surface area (Å²) in [5.74, 6) is 1.54. The van der Waals surface area contributed by atoms with Gasteiger partial charge in [-0.15, -0.1) is 11.3 Å². The van der Waals surface area contributed by atoms with Crippen molar-refractivity contribution in [2.24, 2.45) is 0 Å². The molecule has 166 valence electrons. The second-order valence-corrected chi connectivity index (χ2v) is 9.93. The van der Waals surface area contributed by atoms with Crippen molar-refractivity contribution in [1.82, 2.24) is 14.5 Å². The number of pyridine rings is 1. The Kier molecular flexibility index (Phi) is 5.91. The molecule has 0 amide bonds. The van der Waals surface area contributed by atoms with Crippen LogP contribution in [0.25, 0.3) is 20.4 Å². The van der Waals surface area contributed by atoms with Gasteiger partial charge in [-0.1, -0.05) is 47.7 Å². The number of ether oxygens (including phenoxy) is 1. The largest absolute Gasteiger partial charge is 0.497 e. The highest BCUT2D eigenvalue weighted by atomic mass is 32.2. The van der Waals surface area contributed by atoms with Crippen LogP contribution in [0, 0.1) is 13.8 Å². The van der Waals surface area contributed by atoms with Crippen molar-refractivity contribution in [3.8, 4) is 5.75 Å². The topological polar surface area (TPSA) is 57.0 Å². The summed E-state index contributed by atoms with van der Waals surface area (Å²) < 4.78 is 7.71. The molecule has 5 aromatic rings. The minimum Gasteiger partial charge on any atom is -0.497 e. The lowest BCUT2D eigenvalue weighted by Crippen LogP contribution is -2.23. The van der Waals surface area contributed by atoms with Gasteiger partial charge < -0.3 is 4.74 Å². The van der Waals surface area contributed by atoms with E-state index in [1.807, 2.05) is 36.4 Å². The summed E-state index contributed by atoms with van der Waals surface area (Å²) in [6, 6.07) is 18.2. The molecule has 0 aliphatic carbocycles. The molecule has 2 aromatic carbocycles. The normalized spacial score (nSPS) is 11.4. The van der Waals surface area contributed by atoms with E-state index < -0.39 is 0 Å². The van der Waals surface area contributed by atoms with Crippen LogP contribution in [0.15, 0.2) is 70.7 Å². The van der Waals surface area contributed by atoms with Gasteiger partial charge in [0.05, 0.1) is 19.2 Å². The van der Waals surface area contributed by atoms with Crippen LogP contribution in [-0.2, 0) is 12.3 Å². The van der Waals surface area contributed by atoms with E-state index in [1.54, 1.807) is 29.6 Å². The lowest BCUT2D eigenvalue weighted by molar-refractivity contribution is 0.414. The van der Waals surface area contributed by atoms with Crippen LogP contribution in [0.2, 0.25) is 0 Å². The zero-order valence-electron chi connectivity index (χ0n) is 18.7. The highest BCUT2D eigenvalue weighted by Gasteiger charge is 2.17. The first-order valence-electron chi connectivity index (χ1n) is 10.6. The van der Waals surface area contributed by atoms with E-state index in [1.165, 1.54) is 28.0 Å². The monoisotopic (exact) mass is 473 g/mol. The molecule has 0 unspecified atom stereocenters. The van der Waals surface area contributed by atoms with Crippen LogP contribution in [0.1, 0.15) is 22.3 Å². The molecule has 0 N–H and O–H groups in total.